The Morgan fingerprint density at radius 3 is 2.91 bits per heavy atom. The monoisotopic (exact) mass is 326 g/mol. The first-order valence-corrected chi connectivity index (χ1v) is 7.33. The summed E-state index contributed by atoms with van der Waals surface area (Å²) in [5.41, 5.74) is 1.04. The fourth-order valence-corrected chi connectivity index (χ4v) is 2.82. The number of carbonyl (C=O) groups is 1. The van der Waals surface area contributed by atoms with E-state index in [1.165, 1.54) is 6.20 Å². The number of amides is 1. The number of anilines is 1. The van der Waals surface area contributed by atoms with Crippen LogP contribution in [0.5, 0.6) is 11.5 Å². The summed E-state index contributed by atoms with van der Waals surface area (Å²) in [5.74, 6) is 0.991. The number of halogens is 1. The zero-order chi connectivity index (χ0) is 15.8. The summed E-state index contributed by atoms with van der Waals surface area (Å²) in [6.45, 7) is 0.190. The van der Waals surface area contributed by atoms with Gasteiger partial charge in [0.25, 0.3) is 5.91 Å². The maximum atomic E-state index is 12.6. The molecule has 1 aromatic heterocycles. The van der Waals surface area contributed by atoms with Gasteiger partial charge in [-0.05, 0) is 18.2 Å². The van der Waals surface area contributed by atoms with Gasteiger partial charge in [-0.1, -0.05) is 23.7 Å². The number of benzene rings is 2. The number of nitrogens with one attached hydrogen (secondary N) is 1. The van der Waals surface area contributed by atoms with Gasteiger partial charge < -0.3 is 14.8 Å². The van der Waals surface area contributed by atoms with Crippen molar-refractivity contribution < 1.29 is 14.3 Å². The minimum Gasteiger partial charge on any atom is -0.454 e. The topological polar surface area (TPSA) is 60.5 Å². The first-order valence-electron chi connectivity index (χ1n) is 6.95. The quantitative estimate of drug-likeness (QED) is 0.776. The fourth-order valence-electron chi connectivity index (χ4n) is 2.53. The normalized spacial score (nSPS) is 12.4. The number of ether oxygens (including phenoxy) is 2. The molecule has 1 N–H and O–H groups in total. The van der Waals surface area contributed by atoms with Crippen LogP contribution < -0.4 is 14.8 Å². The van der Waals surface area contributed by atoms with Crippen LogP contribution in [-0.4, -0.2) is 17.7 Å². The molecule has 2 heterocycles. The van der Waals surface area contributed by atoms with E-state index in [0.29, 0.717) is 33.2 Å². The number of carbonyl (C=O) groups excluding carboxylic acids is 1. The van der Waals surface area contributed by atoms with E-state index < -0.39 is 0 Å². The van der Waals surface area contributed by atoms with Gasteiger partial charge in [0.2, 0.25) is 6.79 Å². The van der Waals surface area contributed by atoms with Crippen LogP contribution in [-0.2, 0) is 0 Å². The van der Waals surface area contributed by atoms with Crippen LogP contribution in [0, 0.1) is 0 Å². The molecular weight excluding hydrogens is 316 g/mol. The Balaban J connectivity index is 1.70. The molecular formula is C17H11ClN2O3. The summed E-state index contributed by atoms with van der Waals surface area (Å²) >= 11 is 6.24. The molecule has 5 nitrogen and oxygen atoms in total. The minimum absolute atomic E-state index is 0.190. The molecule has 1 amide bonds. The highest BCUT2D eigenvalue weighted by Crippen LogP contribution is 2.34. The minimum atomic E-state index is -0.282. The lowest BCUT2D eigenvalue weighted by Crippen LogP contribution is -2.12. The lowest BCUT2D eigenvalue weighted by atomic mass is 10.1. The number of rotatable bonds is 2. The highest BCUT2D eigenvalue weighted by molar-refractivity contribution is 6.37. The maximum absolute atomic E-state index is 12.6. The van der Waals surface area contributed by atoms with Crippen LogP contribution in [0.2, 0.25) is 5.02 Å². The molecule has 0 fully saturated rings. The average molecular weight is 327 g/mol. The highest BCUT2D eigenvalue weighted by Gasteiger charge is 2.16. The molecule has 0 bridgehead atoms. The van der Waals surface area contributed by atoms with Gasteiger partial charge >= 0.3 is 0 Å². The summed E-state index contributed by atoms with van der Waals surface area (Å²) in [5, 5.41) is 4.85. The average Bonchev–Trinajstić information content (AvgIpc) is 3.02. The second kappa shape index (κ2) is 5.44. The SMILES string of the molecule is O=C(Nc1ccc2c(c1)OCO2)c1cncc2cccc(Cl)c12. The van der Waals surface area contributed by atoms with Crippen molar-refractivity contribution in [3.8, 4) is 11.5 Å². The van der Waals surface area contributed by atoms with Crippen molar-refractivity contribution in [3.05, 3.63) is 59.4 Å². The predicted octanol–water partition coefficient (Wildman–Crippen LogP) is 3.87. The molecule has 1 aliphatic heterocycles. The molecule has 0 unspecified atom stereocenters. The molecule has 0 saturated carbocycles. The Morgan fingerprint density at radius 1 is 1.13 bits per heavy atom. The first-order chi connectivity index (χ1) is 11.2. The van der Waals surface area contributed by atoms with E-state index in [2.05, 4.69) is 10.3 Å². The number of pyridine rings is 1. The van der Waals surface area contributed by atoms with Gasteiger partial charge in [0, 0.05) is 39.9 Å². The van der Waals surface area contributed by atoms with Crippen molar-refractivity contribution in [2.24, 2.45) is 0 Å². The summed E-state index contributed by atoms with van der Waals surface area (Å²) in [7, 11) is 0. The van der Waals surface area contributed by atoms with Gasteiger partial charge in [-0.25, -0.2) is 0 Å². The Hall–Kier alpha value is -2.79. The zero-order valence-corrected chi connectivity index (χ0v) is 12.6. The van der Waals surface area contributed by atoms with E-state index in [1.807, 2.05) is 12.1 Å². The molecule has 4 rings (SSSR count). The maximum Gasteiger partial charge on any atom is 0.257 e. The number of aromatic nitrogens is 1. The molecule has 1 aliphatic rings. The summed E-state index contributed by atoms with van der Waals surface area (Å²) in [6.07, 6.45) is 3.19. The smallest absolute Gasteiger partial charge is 0.257 e. The van der Waals surface area contributed by atoms with E-state index >= 15 is 0 Å². The molecule has 0 spiro atoms. The Kier molecular flexibility index (Phi) is 3.28. The standard InChI is InChI=1S/C17H11ClN2O3/c18-13-3-1-2-10-7-19-8-12(16(10)13)17(21)20-11-4-5-14-15(6-11)23-9-22-14/h1-8H,9H2,(H,20,21). The van der Waals surface area contributed by atoms with Crippen molar-refractivity contribution in [1.29, 1.82) is 0 Å². The second-order valence-electron chi connectivity index (χ2n) is 5.05. The van der Waals surface area contributed by atoms with Crippen LogP contribution in [0.15, 0.2) is 48.8 Å². The van der Waals surface area contributed by atoms with E-state index in [-0.39, 0.29) is 12.7 Å². The third-order valence-electron chi connectivity index (χ3n) is 3.61. The summed E-state index contributed by atoms with van der Waals surface area (Å²) in [4.78, 5) is 16.7. The van der Waals surface area contributed by atoms with Crippen molar-refractivity contribution in [2.75, 3.05) is 12.1 Å². The number of hydrogen-bond donors (Lipinski definition) is 1. The van der Waals surface area contributed by atoms with Crippen molar-refractivity contribution in [2.45, 2.75) is 0 Å². The number of hydrogen-bond acceptors (Lipinski definition) is 4. The predicted molar refractivity (Wildman–Crippen MR) is 87.3 cm³/mol. The van der Waals surface area contributed by atoms with E-state index in [4.69, 9.17) is 21.1 Å². The lowest BCUT2D eigenvalue weighted by Gasteiger charge is -2.09. The second-order valence-corrected chi connectivity index (χ2v) is 5.45. The molecule has 0 aliphatic carbocycles. The van der Waals surface area contributed by atoms with Crippen LogP contribution >= 0.6 is 11.6 Å². The van der Waals surface area contributed by atoms with E-state index in [0.717, 1.165) is 5.39 Å². The highest BCUT2D eigenvalue weighted by atomic mass is 35.5. The third-order valence-corrected chi connectivity index (χ3v) is 3.92. The van der Waals surface area contributed by atoms with Gasteiger partial charge in [-0.15, -0.1) is 0 Å². The van der Waals surface area contributed by atoms with Crippen LogP contribution in [0.3, 0.4) is 0 Å². The van der Waals surface area contributed by atoms with Crippen molar-refractivity contribution in [1.82, 2.24) is 4.98 Å². The van der Waals surface area contributed by atoms with Crippen LogP contribution in [0.1, 0.15) is 10.4 Å². The van der Waals surface area contributed by atoms with Crippen molar-refractivity contribution >= 4 is 34.0 Å². The largest absolute Gasteiger partial charge is 0.454 e. The third kappa shape index (κ3) is 2.45. The first kappa shape index (κ1) is 13.8. The van der Waals surface area contributed by atoms with Crippen molar-refractivity contribution in [3.63, 3.8) is 0 Å². The van der Waals surface area contributed by atoms with E-state index in [9.17, 15) is 4.79 Å². The number of nitrogens with zero attached hydrogens (tertiary/aromatic N) is 1. The molecule has 0 atom stereocenters. The van der Waals surface area contributed by atoms with Crippen LogP contribution in [0.4, 0.5) is 5.69 Å². The molecule has 114 valence electrons. The molecule has 3 aromatic rings. The van der Waals surface area contributed by atoms with Gasteiger partial charge in [-0.3, -0.25) is 9.78 Å². The van der Waals surface area contributed by atoms with Crippen LogP contribution in [0.25, 0.3) is 10.8 Å². The number of fused-ring (bicyclic) bond motifs is 2. The molecule has 6 heteroatoms. The van der Waals surface area contributed by atoms with Gasteiger partial charge in [0.05, 0.1) is 5.56 Å². The zero-order valence-electron chi connectivity index (χ0n) is 11.9. The van der Waals surface area contributed by atoms with Gasteiger partial charge in [-0.2, -0.15) is 0 Å². The molecule has 23 heavy (non-hydrogen) atoms. The molecule has 2 aromatic carbocycles. The van der Waals surface area contributed by atoms with Gasteiger partial charge in [0.15, 0.2) is 11.5 Å². The Labute approximate surface area is 136 Å². The summed E-state index contributed by atoms with van der Waals surface area (Å²) in [6, 6.07) is 10.7. The summed E-state index contributed by atoms with van der Waals surface area (Å²) < 4.78 is 10.6. The fraction of sp³-hybridized carbons (Fsp3) is 0.0588. The molecule has 0 saturated heterocycles. The van der Waals surface area contributed by atoms with E-state index in [1.54, 1.807) is 30.5 Å². The Bertz CT molecular complexity index is 922. The van der Waals surface area contributed by atoms with Gasteiger partial charge in [0.1, 0.15) is 0 Å². The lowest BCUT2D eigenvalue weighted by molar-refractivity contribution is 0.102. The molecule has 0 radical (unpaired) electrons. The Morgan fingerprint density at radius 2 is 2.00 bits per heavy atom.